The number of nitrogens with one attached hydrogen (secondary N) is 1. The molecule has 0 saturated heterocycles. The number of rotatable bonds is 5. The molecular weight excluding hydrogens is 246 g/mol. The van der Waals surface area contributed by atoms with Crippen LogP contribution in [0.3, 0.4) is 0 Å². The van der Waals surface area contributed by atoms with E-state index in [1.165, 1.54) is 29.7 Å². The van der Waals surface area contributed by atoms with Crippen molar-refractivity contribution in [3.8, 4) is 0 Å². The van der Waals surface area contributed by atoms with Crippen LogP contribution in [0.15, 0.2) is 36.1 Å². The highest BCUT2D eigenvalue weighted by atomic mass is 16.5. The predicted molar refractivity (Wildman–Crippen MR) is 82.9 cm³/mol. The molecule has 1 aliphatic heterocycles. The quantitative estimate of drug-likeness (QED) is 0.880. The van der Waals surface area contributed by atoms with Crippen LogP contribution in [-0.2, 0) is 11.2 Å². The van der Waals surface area contributed by atoms with Gasteiger partial charge < -0.3 is 10.1 Å². The Morgan fingerprint density at radius 3 is 3.05 bits per heavy atom. The van der Waals surface area contributed by atoms with E-state index in [4.69, 9.17) is 4.74 Å². The third kappa shape index (κ3) is 2.76. The Labute approximate surface area is 122 Å². The van der Waals surface area contributed by atoms with Gasteiger partial charge in [-0.15, -0.1) is 0 Å². The van der Waals surface area contributed by atoms with Crippen LogP contribution in [-0.4, -0.2) is 19.2 Å². The van der Waals surface area contributed by atoms with Crippen molar-refractivity contribution in [3.63, 3.8) is 0 Å². The fourth-order valence-electron chi connectivity index (χ4n) is 3.47. The standard InChI is InChI=1S/C18H25NO/c1-2-12-19-18(17-9-5-6-13-20-17)16-11-10-14-7-3-4-8-15(14)16/h3-4,7-9,16,18-19H,2,5-6,10-13H2,1H3. The summed E-state index contributed by atoms with van der Waals surface area (Å²) in [6, 6.07) is 9.27. The molecule has 108 valence electrons. The summed E-state index contributed by atoms with van der Waals surface area (Å²) in [4.78, 5) is 0. The van der Waals surface area contributed by atoms with Crippen molar-refractivity contribution in [2.24, 2.45) is 0 Å². The van der Waals surface area contributed by atoms with Gasteiger partial charge in [-0.05, 0) is 55.9 Å². The van der Waals surface area contributed by atoms with Gasteiger partial charge >= 0.3 is 0 Å². The Balaban J connectivity index is 1.84. The number of ether oxygens (including phenoxy) is 1. The number of fused-ring (bicyclic) bond motifs is 1. The Kier molecular flexibility index (Phi) is 4.41. The Bertz CT molecular complexity index is 480. The summed E-state index contributed by atoms with van der Waals surface area (Å²) < 4.78 is 5.96. The summed E-state index contributed by atoms with van der Waals surface area (Å²) in [7, 11) is 0. The lowest BCUT2D eigenvalue weighted by atomic mass is 9.90. The van der Waals surface area contributed by atoms with Crippen LogP contribution in [0.5, 0.6) is 0 Å². The zero-order valence-corrected chi connectivity index (χ0v) is 12.4. The average Bonchev–Trinajstić information content (AvgIpc) is 2.93. The lowest BCUT2D eigenvalue weighted by Crippen LogP contribution is -2.38. The number of hydrogen-bond donors (Lipinski definition) is 1. The van der Waals surface area contributed by atoms with Crippen LogP contribution in [0.25, 0.3) is 0 Å². The molecule has 2 unspecified atom stereocenters. The lowest BCUT2D eigenvalue weighted by molar-refractivity contribution is 0.160. The molecule has 1 aliphatic carbocycles. The van der Waals surface area contributed by atoms with Crippen LogP contribution in [0.2, 0.25) is 0 Å². The molecule has 1 heterocycles. The van der Waals surface area contributed by atoms with Crippen molar-refractivity contribution in [1.82, 2.24) is 5.32 Å². The SMILES string of the molecule is CCCNC(C1=CCCCO1)C1CCc2ccccc21. The molecule has 2 atom stereocenters. The van der Waals surface area contributed by atoms with Crippen LogP contribution < -0.4 is 5.32 Å². The molecular formula is C18H25NO. The van der Waals surface area contributed by atoms with Crippen LogP contribution in [0.4, 0.5) is 0 Å². The minimum atomic E-state index is 0.360. The lowest BCUT2D eigenvalue weighted by Gasteiger charge is -2.30. The average molecular weight is 271 g/mol. The molecule has 20 heavy (non-hydrogen) atoms. The zero-order chi connectivity index (χ0) is 13.8. The van der Waals surface area contributed by atoms with Gasteiger partial charge in [0.15, 0.2) is 0 Å². The van der Waals surface area contributed by atoms with Gasteiger partial charge in [0.25, 0.3) is 0 Å². The van der Waals surface area contributed by atoms with Gasteiger partial charge in [0.05, 0.1) is 12.6 Å². The third-order valence-corrected chi connectivity index (χ3v) is 4.47. The van der Waals surface area contributed by atoms with Crippen LogP contribution >= 0.6 is 0 Å². The summed E-state index contributed by atoms with van der Waals surface area (Å²) in [5, 5.41) is 3.73. The maximum absolute atomic E-state index is 5.96. The van der Waals surface area contributed by atoms with Crippen molar-refractivity contribution in [1.29, 1.82) is 0 Å². The van der Waals surface area contributed by atoms with E-state index in [9.17, 15) is 0 Å². The van der Waals surface area contributed by atoms with Gasteiger partial charge in [0, 0.05) is 5.92 Å². The fraction of sp³-hybridized carbons (Fsp3) is 0.556. The normalized spacial score (nSPS) is 22.9. The van der Waals surface area contributed by atoms with E-state index in [1.807, 2.05) is 0 Å². The highest BCUT2D eigenvalue weighted by Gasteiger charge is 2.32. The maximum Gasteiger partial charge on any atom is 0.110 e. The van der Waals surface area contributed by atoms with E-state index in [0.717, 1.165) is 32.4 Å². The summed E-state index contributed by atoms with van der Waals surface area (Å²) in [5.41, 5.74) is 3.05. The van der Waals surface area contributed by atoms with Crippen molar-refractivity contribution in [2.45, 2.75) is 51.0 Å². The summed E-state index contributed by atoms with van der Waals surface area (Å²) in [6.45, 7) is 4.16. The fourth-order valence-corrected chi connectivity index (χ4v) is 3.47. The van der Waals surface area contributed by atoms with E-state index in [1.54, 1.807) is 0 Å². The molecule has 0 spiro atoms. The smallest absolute Gasteiger partial charge is 0.110 e. The van der Waals surface area contributed by atoms with Crippen LogP contribution in [0, 0.1) is 0 Å². The molecule has 0 saturated carbocycles. The molecule has 2 heteroatoms. The first kappa shape index (κ1) is 13.7. The second kappa shape index (κ2) is 6.45. The second-order valence-electron chi connectivity index (χ2n) is 5.87. The van der Waals surface area contributed by atoms with Gasteiger partial charge in [-0.2, -0.15) is 0 Å². The third-order valence-electron chi connectivity index (χ3n) is 4.47. The number of hydrogen-bond acceptors (Lipinski definition) is 2. The predicted octanol–water partition coefficient (Wildman–Crippen LogP) is 3.78. The van der Waals surface area contributed by atoms with Crippen molar-refractivity contribution >= 4 is 0 Å². The molecule has 0 amide bonds. The van der Waals surface area contributed by atoms with Crippen LogP contribution in [0.1, 0.15) is 49.7 Å². The van der Waals surface area contributed by atoms with E-state index in [-0.39, 0.29) is 0 Å². The summed E-state index contributed by atoms with van der Waals surface area (Å²) in [6.07, 6.45) is 8.23. The monoisotopic (exact) mass is 271 g/mol. The minimum absolute atomic E-state index is 0.360. The first-order valence-electron chi connectivity index (χ1n) is 8.04. The number of allylic oxidation sites excluding steroid dienone is 1. The molecule has 1 N–H and O–H groups in total. The van der Waals surface area contributed by atoms with Gasteiger partial charge in [-0.1, -0.05) is 31.2 Å². The largest absolute Gasteiger partial charge is 0.497 e. The highest BCUT2D eigenvalue weighted by molar-refractivity contribution is 5.37. The van der Waals surface area contributed by atoms with Gasteiger partial charge in [-0.25, -0.2) is 0 Å². The molecule has 1 aromatic rings. The Morgan fingerprint density at radius 2 is 2.25 bits per heavy atom. The molecule has 2 aliphatic rings. The second-order valence-corrected chi connectivity index (χ2v) is 5.87. The van der Waals surface area contributed by atoms with Crippen molar-refractivity contribution in [3.05, 3.63) is 47.2 Å². The molecule has 0 fully saturated rings. The summed E-state index contributed by atoms with van der Waals surface area (Å²) in [5.74, 6) is 1.76. The number of aryl methyl sites for hydroxylation is 1. The Hall–Kier alpha value is -1.28. The van der Waals surface area contributed by atoms with Gasteiger partial charge in [0.1, 0.15) is 5.76 Å². The molecule has 1 aromatic carbocycles. The van der Waals surface area contributed by atoms with Crippen molar-refractivity contribution in [2.75, 3.05) is 13.2 Å². The van der Waals surface area contributed by atoms with E-state index in [2.05, 4.69) is 42.6 Å². The zero-order valence-electron chi connectivity index (χ0n) is 12.4. The van der Waals surface area contributed by atoms with E-state index in [0.29, 0.717) is 12.0 Å². The molecule has 0 bridgehead atoms. The topological polar surface area (TPSA) is 21.3 Å². The van der Waals surface area contributed by atoms with Gasteiger partial charge in [-0.3, -0.25) is 0 Å². The van der Waals surface area contributed by atoms with E-state index < -0.39 is 0 Å². The first-order valence-corrected chi connectivity index (χ1v) is 8.04. The van der Waals surface area contributed by atoms with Crippen molar-refractivity contribution < 1.29 is 4.74 Å². The summed E-state index contributed by atoms with van der Waals surface area (Å²) >= 11 is 0. The minimum Gasteiger partial charge on any atom is -0.497 e. The van der Waals surface area contributed by atoms with E-state index >= 15 is 0 Å². The molecule has 2 nitrogen and oxygen atoms in total. The molecule has 0 radical (unpaired) electrons. The first-order chi connectivity index (χ1) is 9.90. The number of benzene rings is 1. The maximum atomic E-state index is 5.96. The van der Waals surface area contributed by atoms with Gasteiger partial charge in [0.2, 0.25) is 0 Å². The molecule has 0 aromatic heterocycles. The molecule has 3 rings (SSSR count). The highest BCUT2D eigenvalue weighted by Crippen LogP contribution is 2.38. The Morgan fingerprint density at radius 1 is 1.35 bits per heavy atom.